The Morgan fingerprint density at radius 2 is 1.88 bits per heavy atom. The fourth-order valence-corrected chi connectivity index (χ4v) is 4.21. The quantitative estimate of drug-likeness (QED) is 0.640. The Morgan fingerprint density at radius 3 is 2.68 bits per heavy atom. The van der Waals surface area contributed by atoms with Crippen LogP contribution in [0.15, 0.2) is 71.1 Å². The Balaban J connectivity index is 1.59. The van der Waals surface area contributed by atoms with Crippen molar-refractivity contribution in [1.29, 1.82) is 0 Å². The van der Waals surface area contributed by atoms with Crippen LogP contribution in [0.2, 0.25) is 0 Å². The first-order chi connectivity index (χ1) is 12.3. The Bertz CT molecular complexity index is 937. The molecule has 2 unspecified atom stereocenters. The first-order valence-corrected chi connectivity index (χ1v) is 9.08. The summed E-state index contributed by atoms with van der Waals surface area (Å²) < 4.78 is 19.5. The lowest BCUT2D eigenvalue weighted by Crippen LogP contribution is -2.33. The van der Waals surface area contributed by atoms with Gasteiger partial charge in [0.15, 0.2) is 0 Å². The van der Waals surface area contributed by atoms with Gasteiger partial charge in [-0.05, 0) is 35.2 Å². The molecule has 2 aromatic carbocycles. The molecule has 3 nitrogen and oxygen atoms in total. The number of ether oxygens (including phenoxy) is 1. The first kappa shape index (κ1) is 14.7. The van der Waals surface area contributed by atoms with E-state index in [9.17, 15) is 4.39 Å². The topological polar surface area (TPSA) is 24.8 Å². The summed E-state index contributed by atoms with van der Waals surface area (Å²) in [6.45, 7) is 0. The van der Waals surface area contributed by atoms with Crippen LogP contribution in [0, 0.1) is 5.82 Å². The summed E-state index contributed by atoms with van der Waals surface area (Å²) in [5.41, 5.74) is 3.07. The number of fused-ring (bicyclic) bond motifs is 3. The molecule has 0 spiro atoms. The molecule has 2 atom stereocenters. The minimum atomic E-state index is -0.231. The van der Waals surface area contributed by atoms with Crippen LogP contribution < -0.4 is 4.74 Å². The molecule has 0 fully saturated rings. The maximum Gasteiger partial charge on any atom is 0.222 e. The second-order valence-corrected chi connectivity index (χ2v) is 7.16. The number of halogens is 1. The SMILES string of the molecule is Fc1ccc(C2=NN3C(C2)c2ccccc2OC3c2cccs2)cc1. The molecule has 5 heteroatoms. The standard InChI is InChI=1S/C20H15FN2OS/c21-14-9-7-13(8-10-14)16-12-17-15-4-1-2-5-18(15)24-20(23(17)22-16)19-6-3-11-25-19/h1-11,17,20H,12H2. The number of para-hydroxylation sites is 1. The van der Waals surface area contributed by atoms with Gasteiger partial charge in [-0.3, -0.25) is 0 Å². The highest BCUT2D eigenvalue weighted by atomic mass is 32.1. The fraction of sp³-hybridized carbons (Fsp3) is 0.150. The van der Waals surface area contributed by atoms with Crippen LogP contribution in [-0.4, -0.2) is 10.7 Å². The van der Waals surface area contributed by atoms with E-state index in [1.807, 2.05) is 29.3 Å². The maximum atomic E-state index is 13.2. The highest BCUT2D eigenvalue weighted by Gasteiger charge is 2.41. The number of benzene rings is 2. The summed E-state index contributed by atoms with van der Waals surface area (Å²) >= 11 is 1.67. The molecule has 2 aliphatic heterocycles. The van der Waals surface area contributed by atoms with Gasteiger partial charge in [-0.2, -0.15) is 5.10 Å². The highest BCUT2D eigenvalue weighted by Crippen LogP contribution is 2.47. The van der Waals surface area contributed by atoms with Gasteiger partial charge in [0, 0.05) is 12.0 Å². The lowest BCUT2D eigenvalue weighted by molar-refractivity contribution is -0.0165. The smallest absolute Gasteiger partial charge is 0.222 e. The van der Waals surface area contributed by atoms with Crippen molar-refractivity contribution in [2.24, 2.45) is 5.10 Å². The number of hydrogen-bond acceptors (Lipinski definition) is 4. The molecule has 0 saturated carbocycles. The van der Waals surface area contributed by atoms with Gasteiger partial charge in [-0.1, -0.05) is 36.4 Å². The molecule has 124 valence electrons. The molecule has 0 N–H and O–H groups in total. The fourth-order valence-electron chi connectivity index (χ4n) is 3.47. The van der Waals surface area contributed by atoms with Gasteiger partial charge in [0.25, 0.3) is 0 Å². The van der Waals surface area contributed by atoms with Crippen LogP contribution in [-0.2, 0) is 0 Å². The van der Waals surface area contributed by atoms with Crippen LogP contribution in [0.5, 0.6) is 5.75 Å². The maximum absolute atomic E-state index is 13.2. The number of hydrazone groups is 1. The van der Waals surface area contributed by atoms with Gasteiger partial charge in [-0.25, -0.2) is 9.40 Å². The van der Waals surface area contributed by atoms with Crippen LogP contribution in [0.3, 0.4) is 0 Å². The summed E-state index contributed by atoms with van der Waals surface area (Å²) in [5.74, 6) is 0.683. The van der Waals surface area contributed by atoms with Gasteiger partial charge in [0.1, 0.15) is 11.6 Å². The molecule has 1 aromatic heterocycles. The average Bonchev–Trinajstić information content (AvgIpc) is 3.32. The van der Waals surface area contributed by atoms with E-state index < -0.39 is 0 Å². The summed E-state index contributed by atoms with van der Waals surface area (Å²) in [5, 5.41) is 8.95. The predicted octanol–water partition coefficient (Wildman–Crippen LogP) is 5.13. The van der Waals surface area contributed by atoms with Crippen molar-refractivity contribution in [3.8, 4) is 5.75 Å². The van der Waals surface area contributed by atoms with E-state index in [-0.39, 0.29) is 18.1 Å². The summed E-state index contributed by atoms with van der Waals surface area (Å²) in [6.07, 6.45) is 0.561. The lowest BCUT2D eigenvalue weighted by Gasteiger charge is -2.37. The Hall–Kier alpha value is -2.66. The molecule has 0 saturated heterocycles. The van der Waals surface area contributed by atoms with Gasteiger partial charge < -0.3 is 4.74 Å². The second kappa shape index (κ2) is 5.70. The summed E-state index contributed by atoms with van der Waals surface area (Å²) in [4.78, 5) is 1.13. The number of nitrogens with zero attached hydrogens (tertiary/aromatic N) is 2. The zero-order valence-electron chi connectivity index (χ0n) is 13.3. The summed E-state index contributed by atoms with van der Waals surface area (Å²) in [7, 11) is 0. The van der Waals surface area contributed by atoms with Gasteiger partial charge in [0.2, 0.25) is 6.23 Å². The molecule has 5 rings (SSSR count). The van der Waals surface area contributed by atoms with Crippen molar-refractivity contribution >= 4 is 17.0 Å². The van der Waals surface area contributed by atoms with Crippen molar-refractivity contribution in [2.75, 3.05) is 0 Å². The molecule has 0 radical (unpaired) electrons. The average molecular weight is 350 g/mol. The third-order valence-electron chi connectivity index (χ3n) is 4.66. The third kappa shape index (κ3) is 2.43. The Kier molecular flexibility index (Phi) is 3.35. The number of hydrogen-bond donors (Lipinski definition) is 0. The van der Waals surface area contributed by atoms with Crippen molar-refractivity contribution in [2.45, 2.75) is 18.7 Å². The van der Waals surface area contributed by atoms with E-state index in [0.717, 1.165) is 33.9 Å². The normalized spacial score (nSPS) is 21.3. The van der Waals surface area contributed by atoms with Crippen LogP contribution in [0.4, 0.5) is 4.39 Å². The first-order valence-electron chi connectivity index (χ1n) is 8.20. The zero-order valence-corrected chi connectivity index (χ0v) is 14.1. The van der Waals surface area contributed by atoms with E-state index >= 15 is 0 Å². The van der Waals surface area contributed by atoms with Crippen LogP contribution >= 0.6 is 11.3 Å². The molecular formula is C20H15FN2OS. The molecule has 3 aromatic rings. The number of rotatable bonds is 2. The van der Waals surface area contributed by atoms with Crippen molar-refractivity contribution < 1.29 is 9.13 Å². The third-order valence-corrected chi connectivity index (χ3v) is 5.57. The molecule has 0 aliphatic carbocycles. The van der Waals surface area contributed by atoms with Crippen LogP contribution in [0.1, 0.15) is 34.7 Å². The van der Waals surface area contributed by atoms with Gasteiger partial charge in [0.05, 0.1) is 16.6 Å². The second-order valence-electron chi connectivity index (χ2n) is 6.18. The largest absolute Gasteiger partial charge is 0.464 e. The zero-order chi connectivity index (χ0) is 16.8. The molecule has 2 aliphatic rings. The van der Waals surface area contributed by atoms with Gasteiger partial charge >= 0.3 is 0 Å². The lowest BCUT2D eigenvalue weighted by atomic mass is 9.96. The molecule has 0 amide bonds. The minimum Gasteiger partial charge on any atom is -0.464 e. The Morgan fingerprint density at radius 1 is 1.04 bits per heavy atom. The van der Waals surface area contributed by atoms with Crippen molar-refractivity contribution in [1.82, 2.24) is 5.01 Å². The Labute approximate surface area is 149 Å². The summed E-state index contributed by atoms with van der Waals surface area (Å²) in [6, 6.07) is 18.9. The van der Waals surface area contributed by atoms with E-state index in [1.165, 1.54) is 12.1 Å². The monoisotopic (exact) mass is 350 g/mol. The van der Waals surface area contributed by atoms with E-state index in [4.69, 9.17) is 9.84 Å². The van der Waals surface area contributed by atoms with Crippen LogP contribution in [0.25, 0.3) is 0 Å². The van der Waals surface area contributed by atoms with Gasteiger partial charge in [-0.15, -0.1) is 11.3 Å². The van der Waals surface area contributed by atoms with E-state index in [1.54, 1.807) is 23.5 Å². The van der Waals surface area contributed by atoms with Crippen molar-refractivity contribution in [3.63, 3.8) is 0 Å². The molecule has 25 heavy (non-hydrogen) atoms. The molecular weight excluding hydrogens is 335 g/mol. The van der Waals surface area contributed by atoms with E-state index in [2.05, 4.69) is 17.5 Å². The minimum absolute atomic E-state index is 0.136. The van der Waals surface area contributed by atoms with E-state index in [0.29, 0.717) is 0 Å². The molecule has 3 heterocycles. The predicted molar refractivity (Wildman–Crippen MR) is 96.3 cm³/mol. The highest BCUT2D eigenvalue weighted by molar-refractivity contribution is 7.10. The van der Waals surface area contributed by atoms with Crippen molar-refractivity contribution in [3.05, 3.63) is 87.9 Å². The number of thiophene rings is 1. The molecule has 0 bridgehead atoms.